The Labute approximate surface area is 596 Å². The molecule has 0 spiro atoms. The Morgan fingerprint density at radius 3 is 0.365 bits per heavy atom. The van der Waals surface area contributed by atoms with Gasteiger partial charge in [-0.05, 0) is 0 Å². The van der Waals surface area contributed by atoms with E-state index in [0.717, 1.165) is 7.06 Å². The maximum atomic E-state index is 7.10. The van der Waals surface area contributed by atoms with Gasteiger partial charge in [0.15, 0.2) is 0 Å². The highest BCUT2D eigenvalue weighted by Crippen LogP contribution is 2.53. The van der Waals surface area contributed by atoms with Crippen LogP contribution in [-0.4, -0.2) is 595 Å². The first-order valence-corrected chi connectivity index (χ1v) is 29.3. The number of hydrogen-bond acceptors (Lipinski definition) is 0. The van der Waals surface area contributed by atoms with Crippen LogP contribution in [0.3, 0.4) is 0 Å². The van der Waals surface area contributed by atoms with Crippen molar-refractivity contribution in [2.45, 2.75) is 0 Å². The highest BCUT2D eigenvalue weighted by molar-refractivity contribution is 8.64. The minimum absolute atomic E-state index is 1.08. The largest absolute Gasteiger partial charge is 0.253 e. The van der Waals surface area contributed by atoms with Crippen LogP contribution < -0.4 is 0 Å². The molecule has 257 valence electrons. The summed E-state index contributed by atoms with van der Waals surface area (Å²) in [6, 6.07) is 0. The summed E-state index contributed by atoms with van der Waals surface area (Å²) in [6.45, 7) is 0. The van der Waals surface area contributed by atoms with Crippen molar-refractivity contribution >= 4 is 602 Å². The van der Waals surface area contributed by atoms with Crippen LogP contribution in [0.15, 0.2) is 0 Å². The minimum Gasteiger partial charge on any atom is -0.253 e. The van der Waals surface area contributed by atoms with E-state index in [2.05, 4.69) is 0 Å². The van der Waals surface area contributed by atoms with Gasteiger partial charge >= 0.3 is 0 Å². The molecule has 0 aromatic carbocycles. The number of rotatable bonds is 41. The van der Waals surface area contributed by atoms with Crippen LogP contribution in [0.1, 0.15) is 0 Å². The highest BCUT2D eigenvalue weighted by atomic mass is 31.1. The normalized spacial score (nSPS) is 9.89. The fraction of sp³-hybridized carbons (Fsp3) is 0. The zero-order valence-electron chi connectivity index (χ0n) is 48.9. The summed E-state index contributed by atoms with van der Waals surface area (Å²) in [4.78, 5) is 0. The monoisotopic (exact) mass is 956 g/mol. The van der Waals surface area contributed by atoms with Gasteiger partial charge in [0.05, 0.1) is 18.6 Å². The van der Waals surface area contributed by atoms with Gasteiger partial charge in [0, 0.05) is 576 Å². The van der Waals surface area contributed by atoms with Crippen molar-refractivity contribution in [3.8, 4) is 0 Å². The third-order valence-corrected chi connectivity index (χ3v) is 21.5. The molecule has 0 saturated carbocycles. The molecule has 0 nitrogen and oxygen atoms in total. The molecule has 0 aromatic rings. The maximum absolute atomic E-state index is 7.10. The molecule has 0 aliphatic carbocycles. The van der Waals surface area contributed by atoms with Gasteiger partial charge in [-0.25, -0.2) is 0 Å². The molecule has 0 unspecified atom stereocenters. The Morgan fingerprint density at radius 2 is 0.259 bits per heavy atom. The van der Waals surface area contributed by atoms with Gasteiger partial charge in [0.1, 0.15) is 0 Å². The molecule has 0 rings (SSSR count). The molecule has 85 heavy (non-hydrogen) atoms. The second-order valence-corrected chi connectivity index (χ2v) is 26.2. The summed E-state index contributed by atoms with van der Waals surface area (Å²) in [7, 11) is 296. The van der Waals surface area contributed by atoms with E-state index >= 15 is 0 Å². The van der Waals surface area contributed by atoms with Crippen molar-refractivity contribution in [1.82, 2.24) is 0 Å². The molecule has 85 heteroatoms. The smallest absolute Gasteiger partial charge is 0.0527 e. The van der Waals surface area contributed by atoms with E-state index in [0.29, 0.717) is 0 Å². The topological polar surface area (TPSA) is 0 Å². The molecular formula is B84P. The van der Waals surface area contributed by atoms with Gasteiger partial charge in [-0.15, -0.1) is 0 Å². The van der Waals surface area contributed by atoms with Crippen molar-refractivity contribution in [1.29, 1.82) is 0 Å². The molecule has 0 aliphatic heterocycles. The molecule has 87 radical (unpaired) electrons. The first kappa shape index (κ1) is 90.9. The van der Waals surface area contributed by atoms with E-state index in [1.54, 1.807) is 0 Å². The molecule has 0 heterocycles. The average Bonchev–Trinajstić information content (AvgIpc) is 3.27. The summed E-state index contributed by atoms with van der Waals surface area (Å²) in [6.07, 6.45) is -67.7. The van der Waals surface area contributed by atoms with Gasteiger partial charge in [-0.2, -0.15) is 0 Å². The van der Waals surface area contributed by atoms with E-state index in [9.17, 15) is 0 Å². The summed E-state index contributed by atoms with van der Waals surface area (Å²) in [5.74, 6) is 0. The number of hydrogen-bond donors (Lipinski definition) is 0. The molecule has 0 fully saturated rings. The quantitative estimate of drug-likeness (QED) is 0.0423. The predicted molar refractivity (Wildman–Crippen MR) is 490 cm³/mol. The maximum Gasteiger partial charge on any atom is 0.0527 e. The van der Waals surface area contributed by atoms with Gasteiger partial charge in [0.2, 0.25) is 0 Å². The van der Waals surface area contributed by atoms with Crippen LogP contribution in [0.5, 0.6) is 0 Å². The lowest BCUT2D eigenvalue weighted by Gasteiger charge is -2.63. The summed E-state index contributed by atoms with van der Waals surface area (Å²) < 4.78 is 0. The summed E-state index contributed by atoms with van der Waals surface area (Å²) >= 11 is 0. The van der Waals surface area contributed by atoms with Gasteiger partial charge in [0.25, 0.3) is 0 Å². The molecule has 0 aromatic heterocycles. The lowest BCUT2D eigenvalue weighted by molar-refractivity contribution is 3.21. The van der Waals surface area contributed by atoms with E-state index < -0.39 is 262 Å². The van der Waals surface area contributed by atoms with Crippen LogP contribution >= 0.6 is 7.56 Å². The molecule has 0 aliphatic rings. The third kappa shape index (κ3) is 24.6. The molecular weight excluding hydrogens is 939 g/mol. The van der Waals surface area contributed by atoms with Crippen molar-refractivity contribution in [2.75, 3.05) is 0 Å². The second-order valence-electron chi connectivity index (χ2n) is 23.5. The van der Waals surface area contributed by atoms with Gasteiger partial charge in [-0.1, -0.05) is 0 Å². The Kier molecular flexibility index (Phi) is 45.0. The van der Waals surface area contributed by atoms with Crippen molar-refractivity contribution in [3.63, 3.8) is 0 Å². The lowest BCUT2D eigenvalue weighted by atomic mass is 8.36. The summed E-state index contributed by atoms with van der Waals surface area (Å²) in [5, 5.41) is 0. The van der Waals surface area contributed by atoms with Gasteiger partial charge < -0.3 is 0 Å². The average molecular weight is 939 g/mol. The Balaban J connectivity index is 13.2. The Bertz CT molecular complexity index is 1350. The Morgan fingerprint density at radius 1 is 0.141 bits per heavy atom. The zero-order chi connectivity index (χ0) is 67.4. The lowest BCUT2D eigenvalue weighted by Crippen LogP contribution is -2.92. The molecule has 0 amide bonds. The third-order valence-electron chi connectivity index (χ3n) is 17.4. The zero-order valence-corrected chi connectivity index (χ0v) is 49.8. The van der Waals surface area contributed by atoms with Crippen LogP contribution in [0.25, 0.3) is 0 Å². The minimum atomic E-state index is -3.36. The van der Waals surface area contributed by atoms with Crippen LogP contribution in [0, 0.1) is 0 Å². The molecule has 0 bridgehead atoms. The second kappa shape index (κ2) is 42.1. The van der Waals surface area contributed by atoms with Crippen molar-refractivity contribution in [3.05, 3.63) is 0 Å². The summed E-state index contributed by atoms with van der Waals surface area (Å²) in [5.41, 5.74) is 0. The molecule has 0 N–H and O–H groups in total. The van der Waals surface area contributed by atoms with Crippen molar-refractivity contribution < 1.29 is 0 Å². The fourth-order valence-corrected chi connectivity index (χ4v) is 20.2. The van der Waals surface area contributed by atoms with Crippen LogP contribution in [0.2, 0.25) is 0 Å². The predicted octanol–water partition coefficient (Wildman–Crippen LogP) is -31.1. The molecule has 0 atom stereocenters. The van der Waals surface area contributed by atoms with E-state index in [-0.39, 0.29) is 0 Å². The highest BCUT2D eigenvalue weighted by Gasteiger charge is 2.66. The standard InChI is InChI=1S/B84P/c1-44-66(45(2)3)77(67(46(4)5)47(6)7)82(76(64(40)41)65(42)43)85(83(78(68(48(8)9)49(10)11)69(50(12)13)51(14)15)79(70(52(16)17)53(18)19)71(54(20)21)55(22)23)84(80(72(56(24)25)57(26)27)73(58(28)29)59(30)31)81(74(60(32)33)61(34)35)75(62(36)37)63(38)39. The van der Waals surface area contributed by atoms with Crippen LogP contribution in [-0.2, 0) is 0 Å². The first-order valence-electron chi connectivity index (χ1n) is 27.8. The SMILES string of the molecule is [B][B]B(B([B])[B])B(B(B([B])[B])B([B])[B])B(B(B([B])[B])B([B])[B])P(B(B(B(B([B])[B])B([B])[B])B(B([B])[B])B([B])[B])B(B(B([B])[B])B([B])[B])B(B([B])[B])B([B])[B])B(B(B(B([B])[B])B([B])[B])B(B([B])[B])B([B])[B])B(B(B([B])[B])B([B])[B])B(B([B])[B])B([B])[B]. The Hall–Kier alpha value is 5.88. The van der Waals surface area contributed by atoms with Crippen LogP contribution in [0.4, 0.5) is 0 Å². The van der Waals surface area contributed by atoms with Gasteiger partial charge in [-0.3, -0.25) is 7.56 Å². The van der Waals surface area contributed by atoms with E-state index in [1.165, 1.54) is 0 Å². The van der Waals surface area contributed by atoms with Crippen molar-refractivity contribution in [2.24, 2.45) is 0 Å². The first-order chi connectivity index (χ1) is 38.7. The fourth-order valence-electron chi connectivity index (χ4n) is 14.3. The van der Waals surface area contributed by atoms with E-state index in [4.69, 9.17) is 333 Å². The molecule has 0 saturated heterocycles. The van der Waals surface area contributed by atoms with E-state index in [1.807, 2.05) is 0 Å².